The van der Waals surface area contributed by atoms with Crippen LogP contribution in [0, 0.1) is 11.8 Å². The van der Waals surface area contributed by atoms with Gasteiger partial charge in [-0.05, 0) is 43.9 Å². The minimum absolute atomic E-state index is 0.599. The van der Waals surface area contributed by atoms with Gasteiger partial charge in [0.15, 0.2) is 0 Å². The Balaban J connectivity index is 1.63. The molecule has 17 heavy (non-hydrogen) atoms. The van der Waals surface area contributed by atoms with E-state index in [0.29, 0.717) is 6.10 Å². The molecular weight excluding hydrogens is 208 g/mol. The van der Waals surface area contributed by atoms with Gasteiger partial charge in [0.2, 0.25) is 0 Å². The Kier molecular flexibility index (Phi) is 5.84. The van der Waals surface area contributed by atoms with Crippen molar-refractivity contribution in [2.24, 2.45) is 11.8 Å². The van der Waals surface area contributed by atoms with E-state index in [1.54, 1.807) is 0 Å². The molecule has 0 aliphatic heterocycles. The summed E-state index contributed by atoms with van der Waals surface area (Å²) in [5.74, 6) is 2.11. The van der Waals surface area contributed by atoms with Crippen LogP contribution in [0.2, 0.25) is 0 Å². The van der Waals surface area contributed by atoms with E-state index >= 15 is 0 Å². The lowest BCUT2D eigenvalue weighted by molar-refractivity contribution is 0.00719. The predicted molar refractivity (Wildman–Crippen MR) is 73.2 cm³/mol. The van der Waals surface area contributed by atoms with Crippen LogP contribution in [0.1, 0.15) is 77.6 Å². The fourth-order valence-electron chi connectivity index (χ4n) is 3.73. The van der Waals surface area contributed by atoms with Crippen LogP contribution in [0.5, 0.6) is 0 Å². The molecule has 0 atom stereocenters. The van der Waals surface area contributed by atoms with Gasteiger partial charge in [-0.1, -0.05) is 45.4 Å². The Labute approximate surface area is 107 Å². The normalized spacial score (nSPS) is 31.6. The van der Waals surface area contributed by atoms with E-state index in [9.17, 15) is 0 Å². The predicted octanol–water partition coefficient (Wildman–Crippen LogP) is 4.94. The van der Waals surface area contributed by atoms with Crippen molar-refractivity contribution in [3.63, 3.8) is 0 Å². The largest absolute Gasteiger partial charge is 0.378 e. The maximum Gasteiger partial charge on any atom is 0.0575 e. The quantitative estimate of drug-likeness (QED) is 0.616. The highest BCUT2D eigenvalue weighted by atomic mass is 16.5. The van der Waals surface area contributed by atoms with Crippen molar-refractivity contribution in [2.75, 3.05) is 6.61 Å². The molecule has 2 aliphatic rings. The highest BCUT2D eigenvalue weighted by Gasteiger charge is 2.28. The maximum absolute atomic E-state index is 5.96. The Morgan fingerprint density at radius 2 is 1.47 bits per heavy atom. The van der Waals surface area contributed by atoms with Gasteiger partial charge in [0.1, 0.15) is 0 Å². The van der Waals surface area contributed by atoms with Gasteiger partial charge in [-0.3, -0.25) is 0 Å². The summed E-state index contributed by atoms with van der Waals surface area (Å²) in [6, 6.07) is 0. The second-order valence-electron chi connectivity index (χ2n) is 6.16. The van der Waals surface area contributed by atoms with Gasteiger partial charge in [-0.15, -0.1) is 0 Å². The Morgan fingerprint density at radius 3 is 2.12 bits per heavy atom. The summed E-state index contributed by atoms with van der Waals surface area (Å²) in [7, 11) is 0. The summed E-state index contributed by atoms with van der Waals surface area (Å²) in [5, 5.41) is 0. The van der Waals surface area contributed by atoms with Crippen molar-refractivity contribution in [3.05, 3.63) is 0 Å². The van der Waals surface area contributed by atoms with Gasteiger partial charge in [0.05, 0.1) is 6.10 Å². The lowest BCUT2D eigenvalue weighted by Crippen LogP contribution is -2.27. The zero-order valence-corrected chi connectivity index (χ0v) is 11.6. The third kappa shape index (κ3) is 4.28. The van der Waals surface area contributed by atoms with Gasteiger partial charge in [-0.25, -0.2) is 0 Å². The Bertz CT molecular complexity index is 188. The van der Waals surface area contributed by atoms with E-state index in [4.69, 9.17) is 4.74 Å². The van der Waals surface area contributed by atoms with E-state index in [0.717, 1.165) is 18.4 Å². The van der Waals surface area contributed by atoms with Gasteiger partial charge in [0, 0.05) is 6.61 Å². The summed E-state index contributed by atoms with van der Waals surface area (Å²) in [4.78, 5) is 0. The van der Waals surface area contributed by atoms with Crippen molar-refractivity contribution >= 4 is 0 Å². The van der Waals surface area contributed by atoms with Crippen molar-refractivity contribution in [2.45, 2.75) is 83.7 Å². The molecule has 100 valence electrons. The van der Waals surface area contributed by atoms with Crippen LogP contribution in [0.15, 0.2) is 0 Å². The molecule has 0 radical (unpaired) electrons. The first-order valence-electron chi connectivity index (χ1n) is 8.01. The number of unbranched alkanes of at least 4 members (excludes halogenated alkanes) is 1. The molecular formula is C16H30O. The van der Waals surface area contributed by atoms with Crippen LogP contribution in [0.25, 0.3) is 0 Å². The van der Waals surface area contributed by atoms with Crippen LogP contribution >= 0.6 is 0 Å². The molecule has 0 spiro atoms. The molecule has 2 rings (SSSR count). The summed E-state index contributed by atoms with van der Waals surface area (Å²) in [5.41, 5.74) is 0. The lowest BCUT2D eigenvalue weighted by Gasteiger charge is -2.35. The highest BCUT2D eigenvalue weighted by Crippen LogP contribution is 2.38. The van der Waals surface area contributed by atoms with Gasteiger partial charge >= 0.3 is 0 Å². The summed E-state index contributed by atoms with van der Waals surface area (Å²) < 4.78 is 5.96. The second kappa shape index (κ2) is 7.41. The fourth-order valence-corrected chi connectivity index (χ4v) is 3.73. The topological polar surface area (TPSA) is 9.23 Å². The van der Waals surface area contributed by atoms with E-state index < -0.39 is 0 Å². The van der Waals surface area contributed by atoms with Crippen molar-refractivity contribution in [1.82, 2.24) is 0 Å². The molecule has 0 heterocycles. The van der Waals surface area contributed by atoms with Crippen LogP contribution in [-0.2, 0) is 4.74 Å². The third-order valence-corrected chi connectivity index (χ3v) is 4.89. The lowest BCUT2D eigenvalue weighted by atomic mass is 9.73. The summed E-state index contributed by atoms with van der Waals surface area (Å²) in [6.45, 7) is 3.23. The van der Waals surface area contributed by atoms with E-state index in [2.05, 4.69) is 6.92 Å². The molecule has 0 unspecified atom stereocenters. The molecule has 0 aromatic heterocycles. The van der Waals surface area contributed by atoms with E-state index in [1.807, 2.05) is 0 Å². The number of hydrogen-bond donors (Lipinski definition) is 0. The standard InChI is InChI=1S/C16H30O/c1-2-3-13-17-16-11-9-15(10-12-16)14-7-5-4-6-8-14/h14-16H,2-13H2,1H3. The molecule has 0 bridgehead atoms. The number of rotatable bonds is 5. The van der Waals surface area contributed by atoms with Crippen LogP contribution < -0.4 is 0 Å². The molecule has 0 saturated heterocycles. The SMILES string of the molecule is CCCCOC1CCC(C2CCCCC2)CC1. The summed E-state index contributed by atoms with van der Waals surface area (Å²) >= 11 is 0. The summed E-state index contributed by atoms with van der Waals surface area (Å²) in [6.07, 6.45) is 16.2. The zero-order chi connectivity index (χ0) is 11.9. The molecule has 0 amide bonds. The van der Waals surface area contributed by atoms with Gasteiger partial charge < -0.3 is 4.74 Å². The monoisotopic (exact) mass is 238 g/mol. The molecule has 0 aromatic carbocycles. The third-order valence-electron chi connectivity index (χ3n) is 4.89. The van der Waals surface area contributed by atoms with E-state index in [1.165, 1.54) is 70.6 Å². The second-order valence-corrected chi connectivity index (χ2v) is 6.16. The molecule has 1 heteroatoms. The molecule has 2 saturated carbocycles. The molecule has 0 N–H and O–H groups in total. The number of ether oxygens (including phenoxy) is 1. The maximum atomic E-state index is 5.96. The Hall–Kier alpha value is -0.0400. The van der Waals surface area contributed by atoms with Crippen LogP contribution in [0.4, 0.5) is 0 Å². The minimum Gasteiger partial charge on any atom is -0.378 e. The molecule has 2 fully saturated rings. The first-order valence-corrected chi connectivity index (χ1v) is 8.01. The highest BCUT2D eigenvalue weighted by molar-refractivity contribution is 4.80. The van der Waals surface area contributed by atoms with Crippen LogP contribution in [0.3, 0.4) is 0 Å². The minimum atomic E-state index is 0.599. The number of hydrogen-bond acceptors (Lipinski definition) is 1. The van der Waals surface area contributed by atoms with Gasteiger partial charge in [0.25, 0.3) is 0 Å². The molecule has 2 aliphatic carbocycles. The van der Waals surface area contributed by atoms with Crippen LogP contribution in [-0.4, -0.2) is 12.7 Å². The van der Waals surface area contributed by atoms with Crippen molar-refractivity contribution in [3.8, 4) is 0 Å². The first-order chi connectivity index (χ1) is 8.40. The average molecular weight is 238 g/mol. The zero-order valence-electron chi connectivity index (χ0n) is 11.6. The van der Waals surface area contributed by atoms with Crippen molar-refractivity contribution < 1.29 is 4.74 Å². The van der Waals surface area contributed by atoms with Gasteiger partial charge in [-0.2, -0.15) is 0 Å². The fraction of sp³-hybridized carbons (Fsp3) is 1.00. The first kappa shape index (κ1) is 13.4. The van der Waals surface area contributed by atoms with Crippen molar-refractivity contribution in [1.29, 1.82) is 0 Å². The average Bonchev–Trinajstić information content (AvgIpc) is 2.41. The smallest absolute Gasteiger partial charge is 0.0575 e. The molecule has 1 nitrogen and oxygen atoms in total. The van der Waals surface area contributed by atoms with E-state index in [-0.39, 0.29) is 0 Å². The molecule has 0 aromatic rings. The Morgan fingerprint density at radius 1 is 0.824 bits per heavy atom.